The van der Waals surface area contributed by atoms with Gasteiger partial charge in [0, 0.05) is 0 Å². The number of hydrogen-bond donors (Lipinski definition) is 0. The second-order valence-electron chi connectivity index (χ2n) is 5.89. The maximum absolute atomic E-state index is 12.7. The van der Waals surface area contributed by atoms with Crippen molar-refractivity contribution < 1.29 is 13.2 Å². The Morgan fingerprint density at radius 2 is 1.19 bits per heavy atom. The number of hydrogen-bond acceptors (Lipinski definition) is 0. The largest absolute Gasteiger partial charge is 0.416 e. The molecule has 0 bridgehead atoms. The molecule has 21 heavy (non-hydrogen) atoms. The molecule has 0 amide bonds. The molecule has 0 saturated carbocycles. The quantitative estimate of drug-likeness (QED) is 0.689. The van der Waals surface area contributed by atoms with Crippen molar-refractivity contribution in [1.82, 2.24) is 0 Å². The van der Waals surface area contributed by atoms with Gasteiger partial charge < -0.3 is 0 Å². The van der Waals surface area contributed by atoms with Crippen LogP contribution in [0.4, 0.5) is 13.2 Å². The van der Waals surface area contributed by atoms with E-state index in [1.54, 1.807) is 12.1 Å². The van der Waals surface area contributed by atoms with Gasteiger partial charge in [-0.05, 0) is 35.8 Å². The highest BCUT2D eigenvalue weighted by Crippen LogP contribution is 2.47. The molecular formula is C17H18F3P. The van der Waals surface area contributed by atoms with Crippen molar-refractivity contribution >= 4 is 18.5 Å². The van der Waals surface area contributed by atoms with Gasteiger partial charge in [-0.15, -0.1) is 0 Å². The van der Waals surface area contributed by atoms with Gasteiger partial charge >= 0.3 is 6.18 Å². The molecule has 0 saturated heterocycles. The SMILES string of the molecule is CC(C)(C)P(c1ccccc1)c1ccc(C(F)(F)F)cc1. The zero-order valence-corrected chi connectivity index (χ0v) is 13.2. The van der Waals surface area contributed by atoms with Crippen molar-refractivity contribution in [2.24, 2.45) is 0 Å². The second kappa shape index (κ2) is 5.81. The highest BCUT2D eigenvalue weighted by Gasteiger charge is 2.32. The molecule has 0 N–H and O–H groups in total. The highest BCUT2D eigenvalue weighted by atomic mass is 31.1. The Bertz CT molecular complexity index is 580. The van der Waals surface area contributed by atoms with E-state index in [2.05, 4.69) is 32.9 Å². The molecule has 0 spiro atoms. The maximum Gasteiger partial charge on any atom is 0.416 e. The summed E-state index contributed by atoms with van der Waals surface area (Å²) in [6.45, 7) is 6.39. The van der Waals surface area contributed by atoms with E-state index in [1.807, 2.05) is 18.2 Å². The standard InChI is InChI=1S/C17H18F3P/c1-16(2,3)21(14-7-5-4-6-8-14)15-11-9-13(10-12-15)17(18,19)20/h4-12H,1-3H3. The van der Waals surface area contributed by atoms with Crippen LogP contribution in [0.2, 0.25) is 0 Å². The van der Waals surface area contributed by atoms with Crippen molar-refractivity contribution in [2.45, 2.75) is 32.1 Å². The van der Waals surface area contributed by atoms with Crippen molar-refractivity contribution in [1.29, 1.82) is 0 Å². The Hall–Kier alpha value is -1.34. The van der Waals surface area contributed by atoms with Crippen LogP contribution in [0.5, 0.6) is 0 Å². The first-order valence-electron chi connectivity index (χ1n) is 6.72. The summed E-state index contributed by atoms with van der Waals surface area (Å²) in [5, 5.41) is 2.13. The monoisotopic (exact) mass is 310 g/mol. The molecule has 112 valence electrons. The summed E-state index contributed by atoms with van der Waals surface area (Å²) >= 11 is 0. The predicted octanol–water partition coefficient (Wildman–Crippen LogP) is 4.94. The normalized spacial score (nSPS) is 14.0. The van der Waals surface area contributed by atoms with Crippen LogP contribution in [0.3, 0.4) is 0 Å². The van der Waals surface area contributed by atoms with Gasteiger partial charge in [0.2, 0.25) is 0 Å². The van der Waals surface area contributed by atoms with Crippen molar-refractivity contribution in [3.8, 4) is 0 Å². The lowest BCUT2D eigenvalue weighted by Gasteiger charge is -2.32. The Labute approximate surface area is 124 Å². The van der Waals surface area contributed by atoms with Crippen LogP contribution in [0.25, 0.3) is 0 Å². The van der Waals surface area contributed by atoms with Crippen molar-refractivity contribution in [3.63, 3.8) is 0 Å². The van der Waals surface area contributed by atoms with E-state index in [-0.39, 0.29) is 5.16 Å². The first kappa shape index (κ1) is 16.0. The fourth-order valence-electron chi connectivity index (χ4n) is 2.30. The van der Waals surface area contributed by atoms with Gasteiger partial charge in [-0.1, -0.05) is 63.2 Å². The molecule has 0 aliphatic rings. The van der Waals surface area contributed by atoms with Crippen LogP contribution >= 0.6 is 7.92 Å². The number of rotatable bonds is 2. The lowest BCUT2D eigenvalue weighted by Crippen LogP contribution is -2.26. The van der Waals surface area contributed by atoms with Crippen LogP contribution in [0.15, 0.2) is 54.6 Å². The molecule has 0 nitrogen and oxygen atoms in total. The summed E-state index contributed by atoms with van der Waals surface area (Å²) in [5.41, 5.74) is -0.594. The summed E-state index contributed by atoms with van der Waals surface area (Å²) in [7, 11) is -0.708. The van der Waals surface area contributed by atoms with Crippen LogP contribution in [-0.2, 0) is 6.18 Å². The Morgan fingerprint density at radius 3 is 1.62 bits per heavy atom. The zero-order chi connectivity index (χ0) is 15.7. The van der Waals surface area contributed by atoms with Crippen LogP contribution in [-0.4, -0.2) is 5.16 Å². The van der Waals surface area contributed by atoms with Gasteiger partial charge in [-0.3, -0.25) is 0 Å². The number of benzene rings is 2. The molecule has 2 aromatic carbocycles. The van der Waals surface area contributed by atoms with Crippen molar-refractivity contribution in [2.75, 3.05) is 0 Å². The third kappa shape index (κ3) is 3.85. The van der Waals surface area contributed by atoms with Crippen LogP contribution < -0.4 is 10.6 Å². The molecule has 0 aliphatic heterocycles. The molecule has 0 aromatic heterocycles. The zero-order valence-electron chi connectivity index (χ0n) is 12.3. The van der Waals surface area contributed by atoms with E-state index in [4.69, 9.17) is 0 Å². The molecule has 2 aromatic rings. The fourth-order valence-corrected chi connectivity index (χ4v) is 5.07. The van der Waals surface area contributed by atoms with Gasteiger partial charge in [0.1, 0.15) is 0 Å². The van der Waals surface area contributed by atoms with E-state index in [0.717, 1.165) is 5.30 Å². The minimum Gasteiger partial charge on any atom is -0.166 e. The maximum atomic E-state index is 12.7. The van der Waals surface area contributed by atoms with Gasteiger partial charge in [0.25, 0.3) is 0 Å². The average molecular weight is 310 g/mol. The number of halogens is 3. The summed E-state index contributed by atoms with van der Waals surface area (Å²) in [6, 6.07) is 15.6. The second-order valence-corrected chi connectivity index (χ2v) is 8.93. The van der Waals surface area contributed by atoms with E-state index in [0.29, 0.717) is 0 Å². The number of alkyl halides is 3. The molecule has 0 fully saturated rings. The van der Waals surface area contributed by atoms with Gasteiger partial charge in [0.05, 0.1) is 5.56 Å². The Morgan fingerprint density at radius 1 is 0.714 bits per heavy atom. The molecule has 1 atom stereocenters. The summed E-state index contributed by atoms with van der Waals surface area (Å²) < 4.78 is 38.0. The minimum atomic E-state index is -4.28. The van der Waals surface area contributed by atoms with E-state index in [1.165, 1.54) is 17.4 Å². The topological polar surface area (TPSA) is 0 Å². The smallest absolute Gasteiger partial charge is 0.166 e. The summed E-state index contributed by atoms with van der Waals surface area (Å²) in [6.07, 6.45) is -4.28. The van der Waals surface area contributed by atoms with Crippen LogP contribution in [0.1, 0.15) is 26.3 Å². The third-order valence-electron chi connectivity index (χ3n) is 3.14. The van der Waals surface area contributed by atoms with E-state index in [9.17, 15) is 13.2 Å². The molecular weight excluding hydrogens is 292 g/mol. The molecule has 0 aliphatic carbocycles. The minimum absolute atomic E-state index is 0.0174. The van der Waals surface area contributed by atoms with E-state index >= 15 is 0 Å². The molecule has 0 radical (unpaired) electrons. The molecule has 1 unspecified atom stereocenters. The predicted molar refractivity (Wildman–Crippen MR) is 83.8 cm³/mol. The summed E-state index contributed by atoms with van der Waals surface area (Å²) in [4.78, 5) is 0. The first-order valence-corrected chi connectivity index (χ1v) is 8.06. The van der Waals surface area contributed by atoms with Gasteiger partial charge in [0.15, 0.2) is 0 Å². The molecule has 4 heteroatoms. The first-order chi connectivity index (χ1) is 9.69. The van der Waals surface area contributed by atoms with Crippen molar-refractivity contribution in [3.05, 3.63) is 60.2 Å². The van der Waals surface area contributed by atoms with Gasteiger partial charge in [-0.2, -0.15) is 13.2 Å². The Balaban J connectivity index is 2.44. The lowest BCUT2D eigenvalue weighted by molar-refractivity contribution is -0.137. The third-order valence-corrected chi connectivity index (χ3v) is 6.11. The average Bonchev–Trinajstić information content (AvgIpc) is 2.38. The van der Waals surface area contributed by atoms with Crippen LogP contribution in [0, 0.1) is 0 Å². The summed E-state index contributed by atoms with van der Waals surface area (Å²) in [5.74, 6) is 0. The Kier molecular flexibility index (Phi) is 4.43. The molecule has 0 heterocycles. The highest BCUT2D eigenvalue weighted by molar-refractivity contribution is 7.74. The molecule has 2 rings (SSSR count). The lowest BCUT2D eigenvalue weighted by atomic mass is 10.2. The fraction of sp³-hybridized carbons (Fsp3) is 0.294. The van der Waals surface area contributed by atoms with E-state index < -0.39 is 19.7 Å². The van der Waals surface area contributed by atoms with Gasteiger partial charge in [-0.25, -0.2) is 0 Å².